The Morgan fingerprint density at radius 3 is 1.05 bits per heavy atom. The van der Waals surface area contributed by atoms with Crippen molar-refractivity contribution in [2.45, 2.75) is 167 Å². The van der Waals surface area contributed by atoms with Crippen LogP contribution in [0.1, 0.15) is 96.8 Å². The highest BCUT2D eigenvalue weighted by Crippen LogP contribution is 2.29. The van der Waals surface area contributed by atoms with E-state index >= 15 is 0 Å². The van der Waals surface area contributed by atoms with Gasteiger partial charge in [0.2, 0.25) is 0 Å². The minimum atomic E-state index is -2.27. The van der Waals surface area contributed by atoms with E-state index in [1.54, 1.807) is 0 Å². The molecule has 0 unspecified atom stereocenters. The largest absolute Gasteiger partial charge is 0.415 e. The molecular weight excluding hydrogens is 689 g/mol. The molecule has 2 heterocycles. The third-order valence-electron chi connectivity index (χ3n) is 7.98. The molecule has 8 nitrogen and oxygen atoms in total. The average molecular weight is 752 g/mol. The fourth-order valence-electron chi connectivity index (χ4n) is 6.06. The van der Waals surface area contributed by atoms with Gasteiger partial charge in [0.05, 0.1) is 0 Å². The molecular formula is C28H63O8Si8. The van der Waals surface area contributed by atoms with Crippen LogP contribution in [0.2, 0.25) is 70.5 Å². The van der Waals surface area contributed by atoms with Gasteiger partial charge in [-0.2, -0.15) is 0 Å². The Hall–Kier alpha value is 1.16. The van der Waals surface area contributed by atoms with E-state index in [9.17, 15) is 0 Å². The van der Waals surface area contributed by atoms with Gasteiger partial charge < -0.3 is 32.9 Å². The van der Waals surface area contributed by atoms with E-state index in [0.717, 1.165) is 18.1 Å². The molecule has 0 saturated carbocycles. The maximum absolute atomic E-state index is 6.63. The Morgan fingerprint density at radius 1 is 0.409 bits per heavy atom. The highest BCUT2D eigenvalue weighted by Gasteiger charge is 2.46. The van der Waals surface area contributed by atoms with E-state index in [0.29, 0.717) is 0 Å². The second-order valence-electron chi connectivity index (χ2n) is 12.9. The van der Waals surface area contributed by atoms with Gasteiger partial charge in [-0.15, -0.1) is 0 Å². The minimum absolute atomic E-state index is 1.03. The van der Waals surface area contributed by atoms with Crippen LogP contribution in [0.15, 0.2) is 12.2 Å². The normalized spacial score (nSPS) is 27.4. The van der Waals surface area contributed by atoms with Crippen LogP contribution >= 0.6 is 0 Å². The molecule has 16 heteroatoms. The molecule has 0 amide bonds. The van der Waals surface area contributed by atoms with Crippen LogP contribution in [0.4, 0.5) is 0 Å². The van der Waals surface area contributed by atoms with Crippen LogP contribution in [-0.4, -0.2) is 72.1 Å². The quantitative estimate of drug-likeness (QED) is 0.0736. The van der Waals surface area contributed by atoms with Crippen LogP contribution in [0.3, 0.4) is 0 Å². The average Bonchev–Trinajstić information content (AvgIpc) is 2.89. The number of unbranched alkanes of at least 4 members (excludes halogenated alkanes) is 12. The molecule has 0 atom stereocenters. The summed E-state index contributed by atoms with van der Waals surface area (Å²) in [4.78, 5) is 0. The van der Waals surface area contributed by atoms with E-state index in [1.807, 2.05) is 6.55 Å². The third-order valence-corrected chi connectivity index (χ3v) is 33.6. The fraction of sp³-hybridized carbons (Fsp3) is 0.929. The molecule has 0 aliphatic carbocycles. The van der Waals surface area contributed by atoms with Gasteiger partial charge in [-0.1, -0.05) is 89.2 Å². The van der Waals surface area contributed by atoms with E-state index in [-0.39, 0.29) is 0 Å². The monoisotopic (exact) mass is 751 g/mol. The molecule has 255 valence electrons. The van der Waals surface area contributed by atoms with Crippen molar-refractivity contribution < 1.29 is 32.9 Å². The van der Waals surface area contributed by atoms with Crippen LogP contribution in [-0.2, 0) is 32.9 Å². The van der Waals surface area contributed by atoms with Gasteiger partial charge in [0, 0.05) is 0 Å². The van der Waals surface area contributed by atoms with Gasteiger partial charge >= 0.3 is 72.1 Å². The highest BCUT2D eigenvalue weighted by atomic mass is 28.5. The topological polar surface area (TPSA) is 73.8 Å². The summed E-state index contributed by atoms with van der Waals surface area (Å²) in [6.07, 6.45) is 21.9. The maximum atomic E-state index is 6.63. The van der Waals surface area contributed by atoms with Crippen LogP contribution in [0.5, 0.6) is 0 Å². The zero-order chi connectivity index (χ0) is 32.5. The number of allylic oxidation sites excluding steroid dienone is 2. The van der Waals surface area contributed by atoms with Crippen molar-refractivity contribution in [2.24, 2.45) is 0 Å². The summed E-state index contributed by atoms with van der Waals surface area (Å²) in [5.41, 5.74) is 0. The molecule has 0 aromatic heterocycles. The lowest BCUT2D eigenvalue weighted by molar-refractivity contribution is 0.255. The lowest BCUT2D eigenvalue weighted by Gasteiger charge is -2.40. The van der Waals surface area contributed by atoms with Crippen LogP contribution in [0, 0.1) is 0 Å². The van der Waals surface area contributed by atoms with Gasteiger partial charge in [0.15, 0.2) is 0 Å². The van der Waals surface area contributed by atoms with Gasteiger partial charge in [0.1, 0.15) is 0 Å². The summed E-state index contributed by atoms with van der Waals surface area (Å²) >= 11 is 0. The first-order valence-electron chi connectivity index (χ1n) is 17.1. The maximum Gasteiger partial charge on any atom is 0.362 e. The van der Waals surface area contributed by atoms with Crippen LogP contribution in [0.25, 0.3) is 0 Å². The van der Waals surface area contributed by atoms with Crippen molar-refractivity contribution in [1.29, 1.82) is 0 Å². The van der Waals surface area contributed by atoms with Crippen molar-refractivity contribution in [1.82, 2.24) is 0 Å². The molecule has 44 heavy (non-hydrogen) atoms. The SMILES string of the molecule is C/C=C/CCCCCCC[Si]1(C)O[Si](C)O[Si](C)(CCCCCCCCCC[Si]2(C)O[Si](C)O[Si](C)O[Si](C)O2)O[Si](C)O1. The molecule has 2 fully saturated rings. The summed E-state index contributed by atoms with van der Waals surface area (Å²) in [5.74, 6) is 0. The fourth-order valence-corrected chi connectivity index (χ4v) is 33.4. The van der Waals surface area contributed by atoms with Crippen molar-refractivity contribution in [3.05, 3.63) is 12.2 Å². The standard InChI is InChI=1S/C28H63O8Si8/c1-10-11-12-13-14-17-20-24-27-43(8)33-40(5)35-44(9,36-41(6)34-43)28-25-22-19-16-15-18-21-23-26-42(7)31-38(3)29-37(2)30-39(4)32-42/h10-11H,12-28H2,1-9H3/b11-10+. The molecule has 0 aromatic carbocycles. The summed E-state index contributed by atoms with van der Waals surface area (Å²) in [5, 5.41) is 0. The Labute approximate surface area is 283 Å². The molecule has 0 bridgehead atoms. The predicted octanol–water partition coefficient (Wildman–Crippen LogP) is 8.99. The van der Waals surface area contributed by atoms with E-state index < -0.39 is 72.1 Å². The first-order valence-corrected chi connectivity index (χ1v) is 33.8. The van der Waals surface area contributed by atoms with Crippen molar-refractivity contribution >= 4 is 72.1 Å². The Bertz CT molecular complexity index is 773. The molecule has 5 radical (unpaired) electrons. The van der Waals surface area contributed by atoms with Gasteiger partial charge in [-0.05, 0) is 90.3 Å². The van der Waals surface area contributed by atoms with Crippen LogP contribution < -0.4 is 0 Å². The number of rotatable bonds is 19. The smallest absolute Gasteiger partial charge is 0.362 e. The minimum Gasteiger partial charge on any atom is -0.415 e. The first kappa shape index (κ1) is 41.3. The summed E-state index contributed by atoms with van der Waals surface area (Å²) < 4.78 is 51.2. The lowest BCUT2D eigenvalue weighted by Crippen LogP contribution is -2.57. The van der Waals surface area contributed by atoms with Crippen molar-refractivity contribution in [2.75, 3.05) is 0 Å². The predicted molar refractivity (Wildman–Crippen MR) is 195 cm³/mol. The van der Waals surface area contributed by atoms with E-state index in [4.69, 9.17) is 32.9 Å². The van der Waals surface area contributed by atoms with Crippen molar-refractivity contribution in [3.8, 4) is 0 Å². The highest BCUT2D eigenvalue weighted by molar-refractivity contribution is 6.85. The molecule has 0 aromatic rings. The molecule has 0 spiro atoms. The molecule has 2 aliphatic rings. The first-order chi connectivity index (χ1) is 20.9. The van der Waals surface area contributed by atoms with Crippen molar-refractivity contribution in [3.63, 3.8) is 0 Å². The Morgan fingerprint density at radius 2 is 0.705 bits per heavy atom. The second-order valence-corrected chi connectivity index (χ2v) is 32.6. The van der Waals surface area contributed by atoms with E-state index in [1.165, 1.54) is 89.9 Å². The second kappa shape index (κ2) is 22.0. The number of hydrogen-bond donors (Lipinski definition) is 0. The third kappa shape index (κ3) is 18.1. The van der Waals surface area contributed by atoms with Gasteiger partial charge in [0.25, 0.3) is 0 Å². The zero-order valence-corrected chi connectivity index (χ0v) is 37.4. The summed E-state index contributed by atoms with van der Waals surface area (Å²) in [7, 11) is -13.2. The van der Waals surface area contributed by atoms with Gasteiger partial charge in [-0.3, -0.25) is 0 Å². The molecule has 2 rings (SSSR count). The summed E-state index contributed by atoms with van der Waals surface area (Å²) in [6.45, 7) is 19.2. The number of hydrogen-bond acceptors (Lipinski definition) is 8. The zero-order valence-electron chi connectivity index (χ0n) is 29.4. The molecule has 2 aliphatic heterocycles. The molecule has 2 saturated heterocycles. The Balaban J connectivity index is 1.58. The van der Waals surface area contributed by atoms with Gasteiger partial charge in [-0.25, -0.2) is 0 Å². The Kier molecular flexibility index (Phi) is 20.7. The summed E-state index contributed by atoms with van der Waals surface area (Å²) in [6, 6.07) is 3.12. The molecule has 0 N–H and O–H groups in total. The lowest BCUT2D eigenvalue weighted by atomic mass is 10.1. The van der Waals surface area contributed by atoms with E-state index in [2.05, 4.69) is 64.9 Å².